The third-order valence-electron chi connectivity index (χ3n) is 13.2. The standard InChI is InChI=1S/C53H43N3O/c1-2-12-34(13-3-1)37-28-38(47-17-10-11-27-54-47)30-40(29-37)56-49-19-8-5-15-42(49)45-32-36(22-25-51(45)56)35-21-24-50-44(31-35)41-14-4-7-18-48(41)55(50)39-23-26-53-46(33-39)43-16-6-9-20-52(43)57-53/h1-2,4-6,8-12,14-17,19-21,24-33,36,39,44,50H,3,7,13,18,22-23H2. The second kappa shape index (κ2) is 13.1. The summed E-state index contributed by atoms with van der Waals surface area (Å²) in [6, 6.07) is 31.3. The van der Waals surface area contributed by atoms with Gasteiger partial charge in [-0.15, -0.1) is 0 Å². The molecule has 0 radical (unpaired) electrons. The molecule has 0 bridgehead atoms. The van der Waals surface area contributed by atoms with E-state index >= 15 is 0 Å². The van der Waals surface area contributed by atoms with Crippen LogP contribution in [-0.4, -0.2) is 26.5 Å². The average molecular weight is 738 g/mol. The average Bonchev–Trinajstić information content (AvgIpc) is 3.94. The van der Waals surface area contributed by atoms with Crippen LogP contribution < -0.4 is 21.2 Å². The molecule has 0 N–H and O–H groups in total. The highest BCUT2D eigenvalue weighted by molar-refractivity contribution is 5.86. The Morgan fingerprint density at radius 2 is 1.61 bits per heavy atom. The zero-order valence-electron chi connectivity index (χ0n) is 31.9. The minimum atomic E-state index is 0.301. The Bertz CT molecular complexity index is 3110. The number of aromatic nitrogens is 2. The van der Waals surface area contributed by atoms with Gasteiger partial charge >= 0.3 is 0 Å². The van der Waals surface area contributed by atoms with E-state index in [1.54, 1.807) is 0 Å². The molecule has 4 atom stereocenters. The van der Waals surface area contributed by atoms with Crippen molar-refractivity contribution in [3.63, 3.8) is 0 Å². The largest absolute Gasteiger partial charge is 0.456 e. The molecule has 57 heavy (non-hydrogen) atoms. The number of hydrogen-bond donors (Lipinski definition) is 0. The zero-order chi connectivity index (χ0) is 37.5. The SMILES string of the molecule is C1=CCCC(c2cc(-c3ccccn3)cc(-n3c4c(c5ccccc53)=CC(C3=CC5C6=C(CCC=C6)N(C6C=c7c(oc8ccccc78)=CC6)C5C=C3)CC=4)c2)=C1. The van der Waals surface area contributed by atoms with Crippen LogP contribution in [0.2, 0.25) is 0 Å². The zero-order valence-corrected chi connectivity index (χ0v) is 31.9. The lowest BCUT2D eigenvalue weighted by atomic mass is 9.81. The molecule has 6 aromatic rings. The first kappa shape index (κ1) is 32.8. The van der Waals surface area contributed by atoms with Gasteiger partial charge in [-0.25, -0.2) is 0 Å². The lowest BCUT2D eigenvalue weighted by Crippen LogP contribution is -2.43. The lowest BCUT2D eigenvalue weighted by molar-refractivity contribution is 0.255. The normalized spacial score (nSPS) is 23.1. The minimum absolute atomic E-state index is 0.301. The maximum atomic E-state index is 6.26. The number of benzene rings is 3. The van der Waals surface area contributed by atoms with Crippen LogP contribution in [-0.2, 0) is 0 Å². The highest BCUT2D eigenvalue weighted by Gasteiger charge is 2.42. The van der Waals surface area contributed by atoms with Gasteiger partial charge in [0.2, 0.25) is 0 Å². The molecule has 0 spiro atoms. The summed E-state index contributed by atoms with van der Waals surface area (Å²) in [6.45, 7) is 0. The first-order chi connectivity index (χ1) is 28.2. The Morgan fingerprint density at radius 3 is 2.53 bits per heavy atom. The van der Waals surface area contributed by atoms with Gasteiger partial charge in [-0.1, -0.05) is 109 Å². The van der Waals surface area contributed by atoms with Crippen molar-refractivity contribution < 1.29 is 4.42 Å². The summed E-state index contributed by atoms with van der Waals surface area (Å²) in [5, 5.41) is 6.39. The number of pyridine rings is 1. The molecule has 0 saturated carbocycles. The Kier molecular flexibility index (Phi) is 7.54. The lowest BCUT2D eigenvalue weighted by Gasteiger charge is -2.37. The van der Waals surface area contributed by atoms with Crippen molar-refractivity contribution in [2.24, 2.45) is 11.8 Å². The van der Waals surface area contributed by atoms with E-state index in [2.05, 4.69) is 161 Å². The van der Waals surface area contributed by atoms with Gasteiger partial charge in [-0.05, 0) is 109 Å². The van der Waals surface area contributed by atoms with Crippen molar-refractivity contribution in [2.75, 3.05) is 0 Å². The molecule has 0 fully saturated rings. The molecule has 4 heterocycles. The highest BCUT2D eigenvalue weighted by atomic mass is 16.3. The Labute approximate surface area is 332 Å². The van der Waals surface area contributed by atoms with Crippen molar-refractivity contribution >= 4 is 51.7 Å². The number of para-hydroxylation sites is 2. The number of hydrogen-bond acceptors (Lipinski definition) is 3. The fraction of sp³-hybridized carbons (Fsp3) is 0.189. The summed E-state index contributed by atoms with van der Waals surface area (Å²) in [4.78, 5) is 7.53. The Hall–Kier alpha value is -6.39. The summed E-state index contributed by atoms with van der Waals surface area (Å²) < 4.78 is 8.76. The van der Waals surface area contributed by atoms with Crippen molar-refractivity contribution in [1.82, 2.24) is 14.5 Å². The van der Waals surface area contributed by atoms with E-state index in [1.807, 2.05) is 12.3 Å². The summed E-state index contributed by atoms with van der Waals surface area (Å²) in [7, 11) is 0. The number of nitrogens with zero attached hydrogens (tertiary/aromatic N) is 3. The maximum absolute atomic E-state index is 6.26. The van der Waals surface area contributed by atoms with Crippen LogP contribution in [0.1, 0.15) is 44.1 Å². The van der Waals surface area contributed by atoms with Crippen LogP contribution in [0.4, 0.5) is 0 Å². The minimum Gasteiger partial charge on any atom is -0.456 e. The van der Waals surface area contributed by atoms with Crippen molar-refractivity contribution in [2.45, 2.75) is 50.6 Å². The van der Waals surface area contributed by atoms with Gasteiger partial charge in [0.25, 0.3) is 0 Å². The third-order valence-corrected chi connectivity index (χ3v) is 13.2. The van der Waals surface area contributed by atoms with Crippen LogP contribution in [0.3, 0.4) is 0 Å². The number of furan rings is 1. The molecule has 6 aliphatic rings. The smallest absolute Gasteiger partial charge is 0.135 e. The molecule has 0 amide bonds. The van der Waals surface area contributed by atoms with Crippen molar-refractivity contribution in [3.05, 3.63) is 183 Å². The fourth-order valence-electron chi connectivity index (χ4n) is 10.6. The molecule has 5 aliphatic carbocycles. The van der Waals surface area contributed by atoms with Crippen molar-refractivity contribution in [3.8, 4) is 16.9 Å². The van der Waals surface area contributed by atoms with Crippen LogP contribution in [0.25, 0.3) is 68.7 Å². The van der Waals surface area contributed by atoms with E-state index in [1.165, 1.54) is 65.7 Å². The Balaban J connectivity index is 0.937. The van der Waals surface area contributed by atoms with E-state index in [0.717, 1.165) is 60.8 Å². The van der Waals surface area contributed by atoms with E-state index < -0.39 is 0 Å². The van der Waals surface area contributed by atoms with Gasteiger partial charge in [0.05, 0.1) is 23.3 Å². The molecule has 1 aliphatic heterocycles. The highest BCUT2D eigenvalue weighted by Crippen LogP contribution is 2.46. The van der Waals surface area contributed by atoms with Crippen LogP contribution >= 0.6 is 0 Å². The summed E-state index contributed by atoms with van der Waals surface area (Å²) in [5.41, 5.74) is 13.7. The van der Waals surface area contributed by atoms with Gasteiger partial charge < -0.3 is 13.9 Å². The van der Waals surface area contributed by atoms with Gasteiger partial charge in [0, 0.05) is 61.5 Å². The second-order valence-corrected chi connectivity index (χ2v) is 16.3. The van der Waals surface area contributed by atoms with E-state index in [0.29, 0.717) is 23.9 Å². The fourth-order valence-corrected chi connectivity index (χ4v) is 10.6. The predicted molar refractivity (Wildman–Crippen MR) is 234 cm³/mol. The summed E-state index contributed by atoms with van der Waals surface area (Å²) in [6.07, 6.45) is 37.2. The van der Waals surface area contributed by atoms with Gasteiger partial charge in [-0.3, -0.25) is 4.98 Å². The first-order valence-corrected chi connectivity index (χ1v) is 20.8. The molecular formula is C53H43N3O. The molecule has 3 aromatic heterocycles. The van der Waals surface area contributed by atoms with Crippen LogP contribution in [0.5, 0.6) is 0 Å². The molecular weight excluding hydrogens is 695 g/mol. The number of fused-ring (bicyclic) bond motifs is 8. The van der Waals surface area contributed by atoms with E-state index in [9.17, 15) is 0 Å². The van der Waals surface area contributed by atoms with E-state index in [-0.39, 0.29) is 0 Å². The number of allylic oxidation sites excluding steroid dienone is 9. The quantitative estimate of drug-likeness (QED) is 0.177. The van der Waals surface area contributed by atoms with E-state index in [4.69, 9.17) is 9.40 Å². The molecule has 4 nitrogen and oxygen atoms in total. The summed E-state index contributed by atoms with van der Waals surface area (Å²) in [5.74, 6) is 0.656. The van der Waals surface area contributed by atoms with Gasteiger partial charge in [-0.2, -0.15) is 0 Å². The van der Waals surface area contributed by atoms with Crippen LogP contribution in [0, 0.1) is 11.8 Å². The Morgan fingerprint density at radius 1 is 0.737 bits per heavy atom. The van der Waals surface area contributed by atoms with Gasteiger partial charge in [0.1, 0.15) is 11.0 Å². The van der Waals surface area contributed by atoms with Crippen LogP contribution in [0.15, 0.2) is 161 Å². The van der Waals surface area contributed by atoms with Crippen molar-refractivity contribution in [1.29, 1.82) is 0 Å². The number of rotatable bonds is 5. The second-order valence-electron chi connectivity index (χ2n) is 16.3. The molecule has 276 valence electrons. The molecule has 4 heteroatoms. The monoisotopic (exact) mass is 737 g/mol. The molecule has 0 saturated heterocycles. The summed E-state index contributed by atoms with van der Waals surface area (Å²) >= 11 is 0. The van der Waals surface area contributed by atoms with Gasteiger partial charge in [0.15, 0.2) is 0 Å². The molecule has 4 unspecified atom stereocenters. The molecule has 3 aromatic carbocycles. The topological polar surface area (TPSA) is 34.2 Å². The third kappa shape index (κ3) is 5.30. The first-order valence-electron chi connectivity index (χ1n) is 20.8. The maximum Gasteiger partial charge on any atom is 0.135 e. The molecule has 12 rings (SSSR count). The predicted octanol–water partition coefficient (Wildman–Crippen LogP) is 9.19.